The average Bonchev–Trinajstić information content (AvgIpc) is 3.23. The summed E-state index contributed by atoms with van der Waals surface area (Å²) in [4.78, 5) is 38.0. The van der Waals surface area contributed by atoms with Crippen LogP contribution in [0.3, 0.4) is 0 Å². The number of esters is 3. The van der Waals surface area contributed by atoms with Gasteiger partial charge in [0.15, 0.2) is 6.10 Å². The lowest BCUT2D eigenvalue weighted by molar-refractivity contribution is -0.167. The first-order valence-electron chi connectivity index (χ1n) is 26.9. The minimum atomic E-state index is -0.760. The first-order chi connectivity index (χ1) is 29.4. The van der Waals surface area contributed by atoms with Crippen LogP contribution < -0.4 is 0 Å². The highest BCUT2D eigenvalue weighted by Gasteiger charge is 2.19. The molecule has 0 aromatic rings. The Hall–Kier alpha value is -1.59. The summed E-state index contributed by atoms with van der Waals surface area (Å²) in [6.07, 6.45) is 50.8. The van der Waals surface area contributed by atoms with E-state index in [0.717, 1.165) is 63.7 Å². The van der Waals surface area contributed by atoms with Gasteiger partial charge in [-0.15, -0.1) is 0 Å². The van der Waals surface area contributed by atoms with Crippen molar-refractivity contribution >= 4 is 17.9 Å². The molecule has 356 valence electrons. The molecule has 1 atom stereocenters. The lowest BCUT2D eigenvalue weighted by Gasteiger charge is -2.18. The molecule has 0 aliphatic carbocycles. The van der Waals surface area contributed by atoms with Crippen LogP contribution in [0.5, 0.6) is 0 Å². The van der Waals surface area contributed by atoms with Crippen LogP contribution >= 0.6 is 0 Å². The first-order valence-corrected chi connectivity index (χ1v) is 26.9. The Morgan fingerprint density at radius 1 is 0.317 bits per heavy atom. The second-order valence-corrected chi connectivity index (χ2v) is 19.0. The molecule has 60 heavy (non-hydrogen) atoms. The Bertz CT molecular complexity index is 903. The van der Waals surface area contributed by atoms with E-state index in [9.17, 15) is 14.4 Å². The van der Waals surface area contributed by atoms with Crippen LogP contribution in [-0.2, 0) is 28.6 Å². The molecule has 0 radical (unpaired) electrons. The maximum absolute atomic E-state index is 12.8. The quantitative estimate of drug-likeness (QED) is 0.0345. The van der Waals surface area contributed by atoms with E-state index in [1.54, 1.807) is 0 Å². The Balaban J connectivity index is 4.29. The van der Waals surface area contributed by atoms with E-state index in [0.29, 0.717) is 19.3 Å². The van der Waals surface area contributed by atoms with E-state index in [1.807, 2.05) is 0 Å². The maximum atomic E-state index is 12.8. The number of ether oxygens (including phenoxy) is 3. The third-order valence-corrected chi connectivity index (χ3v) is 12.3. The Morgan fingerprint density at radius 3 is 0.817 bits per heavy atom. The fourth-order valence-electron chi connectivity index (χ4n) is 8.22. The summed E-state index contributed by atoms with van der Waals surface area (Å²) in [5.41, 5.74) is 0. The second kappa shape index (κ2) is 48.4. The van der Waals surface area contributed by atoms with Crippen molar-refractivity contribution in [2.45, 2.75) is 310 Å². The zero-order chi connectivity index (χ0) is 43.8. The molecule has 0 N–H and O–H groups in total. The van der Waals surface area contributed by atoms with Gasteiger partial charge in [-0.2, -0.15) is 0 Å². The molecular weight excluding hydrogens is 745 g/mol. The van der Waals surface area contributed by atoms with Crippen molar-refractivity contribution in [3.05, 3.63) is 0 Å². The zero-order valence-electron chi connectivity index (χ0n) is 40.9. The normalized spacial score (nSPS) is 11.9. The van der Waals surface area contributed by atoms with Gasteiger partial charge in [0.2, 0.25) is 0 Å². The molecular formula is C54H104O6. The third kappa shape index (κ3) is 47.5. The molecule has 0 aliphatic heterocycles. The summed E-state index contributed by atoms with van der Waals surface area (Å²) < 4.78 is 16.8. The molecule has 0 spiro atoms. The predicted octanol–water partition coefficient (Wildman–Crippen LogP) is 17.5. The molecule has 0 bridgehead atoms. The number of rotatable bonds is 49. The van der Waals surface area contributed by atoms with E-state index in [1.165, 1.54) is 199 Å². The minimum Gasteiger partial charge on any atom is -0.462 e. The van der Waals surface area contributed by atoms with Crippen LogP contribution in [0.25, 0.3) is 0 Å². The van der Waals surface area contributed by atoms with Crippen molar-refractivity contribution in [2.24, 2.45) is 5.92 Å². The molecule has 0 aromatic carbocycles. The van der Waals surface area contributed by atoms with E-state index in [2.05, 4.69) is 27.7 Å². The summed E-state index contributed by atoms with van der Waals surface area (Å²) in [6.45, 7) is 9.04. The van der Waals surface area contributed by atoms with Gasteiger partial charge in [-0.1, -0.05) is 265 Å². The second-order valence-electron chi connectivity index (χ2n) is 19.0. The Labute approximate surface area is 374 Å². The smallest absolute Gasteiger partial charge is 0.306 e. The van der Waals surface area contributed by atoms with Gasteiger partial charge in [-0.25, -0.2) is 0 Å². The number of unbranched alkanes of at least 4 members (excludes halogenated alkanes) is 36. The van der Waals surface area contributed by atoms with Gasteiger partial charge in [0, 0.05) is 19.3 Å². The van der Waals surface area contributed by atoms with Crippen molar-refractivity contribution in [2.75, 3.05) is 13.2 Å². The Morgan fingerprint density at radius 2 is 0.550 bits per heavy atom. The van der Waals surface area contributed by atoms with E-state index in [-0.39, 0.29) is 31.1 Å². The van der Waals surface area contributed by atoms with Crippen molar-refractivity contribution in [3.63, 3.8) is 0 Å². The molecule has 0 rings (SSSR count). The van der Waals surface area contributed by atoms with Gasteiger partial charge >= 0.3 is 17.9 Å². The van der Waals surface area contributed by atoms with E-state index < -0.39 is 6.10 Å². The highest BCUT2D eigenvalue weighted by atomic mass is 16.6. The average molecular weight is 849 g/mol. The fraction of sp³-hybridized carbons (Fsp3) is 0.944. The monoisotopic (exact) mass is 849 g/mol. The summed E-state index contributed by atoms with van der Waals surface area (Å²) in [5.74, 6) is -0.00159. The molecule has 6 nitrogen and oxygen atoms in total. The highest BCUT2D eigenvalue weighted by molar-refractivity contribution is 5.71. The van der Waals surface area contributed by atoms with Crippen LogP contribution in [0, 0.1) is 5.92 Å². The largest absolute Gasteiger partial charge is 0.462 e. The summed E-state index contributed by atoms with van der Waals surface area (Å²) in [7, 11) is 0. The van der Waals surface area contributed by atoms with E-state index in [4.69, 9.17) is 14.2 Å². The van der Waals surface area contributed by atoms with Crippen molar-refractivity contribution in [1.82, 2.24) is 0 Å². The van der Waals surface area contributed by atoms with Gasteiger partial charge in [0.05, 0.1) is 0 Å². The molecule has 0 aliphatic rings. The predicted molar refractivity (Wildman–Crippen MR) is 257 cm³/mol. The molecule has 0 saturated heterocycles. The molecule has 0 saturated carbocycles. The lowest BCUT2D eigenvalue weighted by atomic mass is 10.0. The molecule has 0 amide bonds. The standard InChI is InChI=1S/C54H104O6/c1-5-7-9-11-13-15-17-18-19-22-27-31-35-39-43-47-54(57)60-51(48-58-52(55)45-41-37-33-29-24-16-14-12-10-8-6-2)49-59-53(56)46-42-38-34-30-26-23-20-21-25-28-32-36-40-44-50(3)4/h50-51H,5-49H2,1-4H3/t51-/m1/s1. The summed E-state index contributed by atoms with van der Waals surface area (Å²) in [5, 5.41) is 0. The van der Waals surface area contributed by atoms with Crippen LogP contribution in [0.15, 0.2) is 0 Å². The van der Waals surface area contributed by atoms with Gasteiger partial charge in [0.25, 0.3) is 0 Å². The van der Waals surface area contributed by atoms with Gasteiger partial charge in [-0.3, -0.25) is 14.4 Å². The summed E-state index contributed by atoms with van der Waals surface area (Å²) in [6, 6.07) is 0. The van der Waals surface area contributed by atoms with Crippen molar-refractivity contribution < 1.29 is 28.6 Å². The zero-order valence-corrected chi connectivity index (χ0v) is 40.9. The van der Waals surface area contributed by atoms with Gasteiger partial charge in [0.1, 0.15) is 13.2 Å². The van der Waals surface area contributed by atoms with Crippen LogP contribution in [0.4, 0.5) is 0 Å². The maximum Gasteiger partial charge on any atom is 0.306 e. The number of hydrogen-bond donors (Lipinski definition) is 0. The molecule has 6 heteroatoms. The third-order valence-electron chi connectivity index (χ3n) is 12.3. The van der Waals surface area contributed by atoms with Crippen molar-refractivity contribution in [3.8, 4) is 0 Å². The van der Waals surface area contributed by atoms with Crippen LogP contribution in [-0.4, -0.2) is 37.2 Å². The van der Waals surface area contributed by atoms with E-state index >= 15 is 0 Å². The number of hydrogen-bond acceptors (Lipinski definition) is 6. The molecule has 0 unspecified atom stereocenters. The Kier molecular flexibility index (Phi) is 47.2. The highest BCUT2D eigenvalue weighted by Crippen LogP contribution is 2.17. The van der Waals surface area contributed by atoms with Gasteiger partial charge < -0.3 is 14.2 Å². The first kappa shape index (κ1) is 58.4. The minimum absolute atomic E-state index is 0.0624. The SMILES string of the molecule is CCCCCCCCCCCCCCCCCC(=O)O[C@H](COC(=O)CCCCCCCCCCCCC)COC(=O)CCCCCCCCCCCCCCCC(C)C. The molecule has 0 fully saturated rings. The lowest BCUT2D eigenvalue weighted by Crippen LogP contribution is -2.30. The summed E-state index contributed by atoms with van der Waals surface area (Å²) >= 11 is 0. The van der Waals surface area contributed by atoms with Crippen molar-refractivity contribution in [1.29, 1.82) is 0 Å². The number of carbonyl (C=O) groups excluding carboxylic acids is 3. The van der Waals surface area contributed by atoms with Crippen LogP contribution in [0.2, 0.25) is 0 Å². The fourth-order valence-corrected chi connectivity index (χ4v) is 8.22. The van der Waals surface area contributed by atoms with Crippen LogP contribution in [0.1, 0.15) is 304 Å². The van der Waals surface area contributed by atoms with Gasteiger partial charge in [-0.05, 0) is 25.2 Å². The topological polar surface area (TPSA) is 78.9 Å². The molecule has 0 heterocycles. The number of carbonyl (C=O) groups is 3. The molecule has 0 aromatic heterocycles.